The molecule has 2 aliphatic heterocycles. The van der Waals surface area contributed by atoms with E-state index in [9.17, 15) is 9.59 Å². The summed E-state index contributed by atoms with van der Waals surface area (Å²) in [7, 11) is 0. The number of carbonyl (C=O) groups excluding carboxylic acids is 2. The summed E-state index contributed by atoms with van der Waals surface area (Å²) in [6.45, 7) is 2.68. The third-order valence-corrected chi connectivity index (χ3v) is 7.95. The zero-order valence-electron chi connectivity index (χ0n) is 18.2. The van der Waals surface area contributed by atoms with Crippen LogP contribution in [0.3, 0.4) is 0 Å². The number of hydrogen-bond acceptors (Lipinski definition) is 5. The Kier molecular flexibility index (Phi) is 4.79. The summed E-state index contributed by atoms with van der Waals surface area (Å²) in [5.74, 6) is -0.257. The number of aromatic nitrogens is 2. The van der Waals surface area contributed by atoms with Crippen molar-refractivity contribution in [1.29, 1.82) is 0 Å². The Morgan fingerprint density at radius 1 is 1.06 bits per heavy atom. The van der Waals surface area contributed by atoms with Gasteiger partial charge >= 0.3 is 0 Å². The van der Waals surface area contributed by atoms with Crippen LogP contribution in [0.1, 0.15) is 36.9 Å². The number of amides is 2. The zero-order valence-corrected chi connectivity index (χ0v) is 19.8. The molecule has 0 bridgehead atoms. The summed E-state index contributed by atoms with van der Waals surface area (Å²) < 4.78 is 0. The van der Waals surface area contributed by atoms with Gasteiger partial charge in [-0.2, -0.15) is 0 Å². The van der Waals surface area contributed by atoms with Crippen molar-refractivity contribution < 1.29 is 9.59 Å². The second kappa shape index (κ2) is 7.75. The third-order valence-electron chi connectivity index (χ3n) is 6.50. The first-order chi connectivity index (χ1) is 16.5. The number of benzene rings is 2. The number of rotatable bonds is 3. The van der Waals surface area contributed by atoms with Crippen LogP contribution in [0.5, 0.6) is 0 Å². The van der Waals surface area contributed by atoms with Crippen LogP contribution in [0.15, 0.2) is 73.1 Å². The molecule has 1 saturated heterocycles. The molecule has 2 aromatic heterocycles. The first kappa shape index (κ1) is 21.0. The average molecular weight is 487 g/mol. The van der Waals surface area contributed by atoms with Crippen LogP contribution in [-0.4, -0.2) is 44.7 Å². The van der Waals surface area contributed by atoms with E-state index in [-0.39, 0.29) is 11.8 Å². The highest BCUT2D eigenvalue weighted by Gasteiger charge is 2.60. The largest absolute Gasteiger partial charge is 0.306 e. The van der Waals surface area contributed by atoms with Gasteiger partial charge in [-0.3, -0.25) is 14.6 Å². The van der Waals surface area contributed by atoms with Gasteiger partial charge in [-0.15, -0.1) is 11.3 Å². The molecule has 0 aliphatic carbocycles. The van der Waals surface area contributed by atoms with Gasteiger partial charge in [-0.25, -0.2) is 4.98 Å². The van der Waals surface area contributed by atoms with Crippen molar-refractivity contribution in [3.8, 4) is 10.6 Å². The highest BCUT2D eigenvalue weighted by Crippen LogP contribution is 2.50. The van der Waals surface area contributed by atoms with E-state index in [1.807, 2.05) is 49.4 Å². The minimum Gasteiger partial charge on any atom is -0.306 e. The molecule has 0 spiro atoms. The highest BCUT2D eigenvalue weighted by atomic mass is 35.5. The molecule has 0 saturated carbocycles. The van der Waals surface area contributed by atoms with E-state index in [0.717, 1.165) is 16.1 Å². The van der Waals surface area contributed by atoms with Gasteiger partial charge in [0.25, 0.3) is 11.8 Å². The van der Waals surface area contributed by atoms with E-state index in [2.05, 4.69) is 9.97 Å². The van der Waals surface area contributed by atoms with E-state index >= 15 is 0 Å². The van der Waals surface area contributed by atoms with Crippen LogP contribution in [0.2, 0.25) is 5.02 Å². The summed E-state index contributed by atoms with van der Waals surface area (Å²) in [6.07, 6.45) is 3.31. The molecule has 0 N–H and O–H groups in total. The second-order valence-electron chi connectivity index (χ2n) is 8.31. The zero-order chi connectivity index (χ0) is 23.4. The molecule has 4 heterocycles. The van der Waals surface area contributed by atoms with Crippen LogP contribution in [0, 0.1) is 6.92 Å². The van der Waals surface area contributed by atoms with E-state index in [1.165, 1.54) is 11.3 Å². The topological polar surface area (TPSA) is 66.4 Å². The third kappa shape index (κ3) is 2.87. The SMILES string of the molecule is Cc1nc(-c2ccccc2)sc1C(=O)N1CCN2C(=O)c3ccncc3C21c1ccc(Cl)cc1. The molecule has 1 fully saturated rings. The monoisotopic (exact) mass is 486 g/mol. The van der Waals surface area contributed by atoms with Gasteiger partial charge in [-0.05, 0) is 25.1 Å². The number of nitrogens with zero attached hydrogens (tertiary/aromatic N) is 4. The molecule has 8 heteroatoms. The molecule has 1 atom stereocenters. The summed E-state index contributed by atoms with van der Waals surface area (Å²) in [5.41, 5.74) is 2.64. The van der Waals surface area contributed by atoms with E-state index in [1.54, 1.807) is 40.4 Å². The Hall–Kier alpha value is -3.55. The maximum absolute atomic E-state index is 14.1. The molecular formula is C26H19ClN4O2S. The molecule has 2 amide bonds. The molecule has 1 unspecified atom stereocenters. The van der Waals surface area contributed by atoms with Crippen molar-refractivity contribution >= 4 is 34.8 Å². The van der Waals surface area contributed by atoms with Crippen molar-refractivity contribution in [2.45, 2.75) is 12.6 Å². The smallest absolute Gasteiger partial charge is 0.268 e. The summed E-state index contributed by atoms with van der Waals surface area (Å²) >= 11 is 7.56. The van der Waals surface area contributed by atoms with Crippen molar-refractivity contribution in [3.63, 3.8) is 0 Å². The number of fused-ring (bicyclic) bond motifs is 3. The van der Waals surface area contributed by atoms with Gasteiger partial charge in [0, 0.05) is 47.2 Å². The first-order valence-corrected chi connectivity index (χ1v) is 12.1. The Morgan fingerprint density at radius 3 is 2.59 bits per heavy atom. The summed E-state index contributed by atoms with van der Waals surface area (Å²) in [4.78, 5) is 40.7. The van der Waals surface area contributed by atoms with Gasteiger partial charge < -0.3 is 9.80 Å². The van der Waals surface area contributed by atoms with Crippen molar-refractivity contribution in [1.82, 2.24) is 19.8 Å². The minimum atomic E-state index is -1.08. The molecule has 4 aromatic rings. The van der Waals surface area contributed by atoms with Crippen LogP contribution >= 0.6 is 22.9 Å². The first-order valence-electron chi connectivity index (χ1n) is 10.9. The fourth-order valence-corrected chi connectivity index (χ4v) is 6.18. The number of pyridine rings is 1. The van der Waals surface area contributed by atoms with Crippen LogP contribution in [0.4, 0.5) is 0 Å². The number of aryl methyl sites for hydroxylation is 1. The second-order valence-corrected chi connectivity index (χ2v) is 9.75. The quantitative estimate of drug-likeness (QED) is 0.409. The molecule has 0 radical (unpaired) electrons. The molecule has 6 rings (SSSR count). The van der Waals surface area contributed by atoms with Gasteiger partial charge in [0.15, 0.2) is 5.66 Å². The number of hydrogen-bond donors (Lipinski definition) is 0. The number of halogens is 1. The fraction of sp³-hybridized carbons (Fsp3) is 0.154. The lowest BCUT2D eigenvalue weighted by atomic mass is 9.91. The molecular weight excluding hydrogens is 468 g/mol. The van der Waals surface area contributed by atoms with Gasteiger partial charge in [-0.1, -0.05) is 54.1 Å². The van der Waals surface area contributed by atoms with Crippen LogP contribution < -0.4 is 0 Å². The standard InChI is InChI=1S/C26H19ClN4O2S/c1-16-22(34-23(29-16)17-5-3-2-4-6-17)25(33)31-14-13-30-24(32)20-11-12-28-15-21(20)26(30,31)18-7-9-19(27)10-8-18/h2-12,15H,13-14H2,1H3. The van der Waals surface area contributed by atoms with E-state index in [0.29, 0.717) is 39.8 Å². The van der Waals surface area contributed by atoms with Crippen molar-refractivity contribution in [2.75, 3.05) is 13.1 Å². The van der Waals surface area contributed by atoms with Crippen LogP contribution in [-0.2, 0) is 5.66 Å². The highest BCUT2D eigenvalue weighted by molar-refractivity contribution is 7.17. The lowest BCUT2D eigenvalue weighted by Gasteiger charge is -2.40. The van der Waals surface area contributed by atoms with Gasteiger partial charge in [0.05, 0.1) is 11.3 Å². The lowest BCUT2D eigenvalue weighted by molar-refractivity contribution is 0.0377. The number of carbonyl (C=O) groups is 2. The maximum atomic E-state index is 14.1. The Morgan fingerprint density at radius 2 is 1.82 bits per heavy atom. The molecule has 6 nitrogen and oxygen atoms in total. The molecule has 2 aromatic carbocycles. The molecule has 2 aliphatic rings. The summed E-state index contributed by atoms with van der Waals surface area (Å²) in [6, 6.07) is 18.9. The summed E-state index contributed by atoms with van der Waals surface area (Å²) in [5, 5.41) is 1.38. The molecule has 34 heavy (non-hydrogen) atoms. The number of thiazole rings is 1. The van der Waals surface area contributed by atoms with E-state index in [4.69, 9.17) is 11.6 Å². The Balaban J connectivity index is 1.52. The average Bonchev–Trinajstić information content (AvgIpc) is 3.52. The minimum absolute atomic E-state index is 0.103. The van der Waals surface area contributed by atoms with Crippen LogP contribution in [0.25, 0.3) is 10.6 Å². The van der Waals surface area contributed by atoms with E-state index < -0.39 is 5.66 Å². The van der Waals surface area contributed by atoms with Gasteiger partial charge in [0.1, 0.15) is 9.88 Å². The Labute approximate surface area is 205 Å². The normalized spacial score (nSPS) is 18.8. The Bertz CT molecular complexity index is 1440. The molecule has 168 valence electrons. The fourth-order valence-electron chi connectivity index (χ4n) is 5.03. The maximum Gasteiger partial charge on any atom is 0.268 e. The van der Waals surface area contributed by atoms with Crippen molar-refractivity contribution in [3.05, 3.63) is 105 Å². The predicted octanol–water partition coefficient (Wildman–Crippen LogP) is 4.98. The lowest BCUT2D eigenvalue weighted by Crippen LogP contribution is -2.51. The predicted molar refractivity (Wildman–Crippen MR) is 131 cm³/mol. The van der Waals surface area contributed by atoms with Gasteiger partial charge in [0.2, 0.25) is 0 Å². The van der Waals surface area contributed by atoms with Crippen molar-refractivity contribution in [2.24, 2.45) is 0 Å².